The largest absolute Gasteiger partial charge is 0.508 e. The van der Waals surface area contributed by atoms with Crippen molar-refractivity contribution in [3.05, 3.63) is 90.0 Å². The van der Waals surface area contributed by atoms with Gasteiger partial charge in [-0.15, -0.1) is 6.58 Å². The zero-order valence-corrected chi connectivity index (χ0v) is 27.3. The van der Waals surface area contributed by atoms with Gasteiger partial charge in [-0.25, -0.2) is 18.1 Å². The van der Waals surface area contributed by atoms with Crippen LogP contribution in [0.3, 0.4) is 0 Å². The van der Waals surface area contributed by atoms with E-state index in [1.807, 2.05) is 38.2 Å². The SMILES string of the molecule is C=CC.CCC.Cc1ccccc1S(=O)(=O)NCC1CCC(CNC2CCc3cc(O)ccc3C2Cc2cnc[nH]2)CC1. The average molecular weight is 609 g/mol. The second-order valence-electron chi connectivity index (χ2n) is 11.9. The van der Waals surface area contributed by atoms with Gasteiger partial charge in [0.1, 0.15) is 5.75 Å². The molecule has 43 heavy (non-hydrogen) atoms. The van der Waals surface area contributed by atoms with Gasteiger partial charge in [-0.1, -0.05) is 50.6 Å². The number of aromatic amines is 1. The van der Waals surface area contributed by atoms with E-state index < -0.39 is 10.0 Å². The van der Waals surface area contributed by atoms with Crippen LogP contribution in [-0.4, -0.2) is 42.6 Å². The number of H-pyrrole nitrogens is 1. The van der Waals surface area contributed by atoms with E-state index in [-0.39, 0.29) is 0 Å². The van der Waals surface area contributed by atoms with Gasteiger partial charge in [0.25, 0.3) is 0 Å². The molecule has 3 aromatic rings. The minimum Gasteiger partial charge on any atom is -0.508 e. The van der Waals surface area contributed by atoms with Crippen LogP contribution in [0.1, 0.15) is 87.6 Å². The number of nitrogens with one attached hydrogen (secondary N) is 3. The molecule has 7 nitrogen and oxygen atoms in total. The standard InChI is InChI=1S/C29H38N4O3S.C3H8.C3H6/c1-20-4-2-3-5-29(20)37(35,36)33-17-22-8-6-21(7-9-22)16-31-28-13-10-23-14-25(34)11-12-26(23)27(28)15-24-18-30-19-32-24;2*1-3-2/h2-5,11-12,14,18-19,21-22,27-28,31,33-34H,6-10,13,15-17H2,1H3,(H,30,32);3H2,1-2H3;3H,1H2,2H3. The van der Waals surface area contributed by atoms with E-state index in [4.69, 9.17) is 0 Å². The molecule has 4 N–H and O–H groups in total. The first-order valence-electron chi connectivity index (χ1n) is 15.9. The van der Waals surface area contributed by atoms with Gasteiger partial charge in [0.15, 0.2) is 0 Å². The minimum absolute atomic E-state index is 0.331. The summed E-state index contributed by atoms with van der Waals surface area (Å²) in [4.78, 5) is 7.84. The third kappa shape index (κ3) is 10.3. The fourth-order valence-electron chi connectivity index (χ4n) is 6.15. The quantitative estimate of drug-likeness (QED) is 0.195. The Morgan fingerprint density at radius 2 is 1.70 bits per heavy atom. The molecule has 1 saturated carbocycles. The molecule has 1 heterocycles. The van der Waals surface area contributed by atoms with Crippen molar-refractivity contribution < 1.29 is 13.5 Å². The summed E-state index contributed by atoms with van der Waals surface area (Å²) in [6.45, 7) is 12.8. The zero-order chi connectivity index (χ0) is 31.2. The molecule has 0 bridgehead atoms. The van der Waals surface area contributed by atoms with Crippen LogP contribution >= 0.6 is 0 Å². The first-order valence-corrected chi connectivity index (χ1v) is 17.3. The highest BCUT2D eigenvalue weighted by Crippen LogP contribution is 2.36. The van der Waals surface area contributed by atoms with E-state index in [2.05, 4.69) is 46.5 Å². The highest BCUT2D eigenvalue weighted by Gasteiger charge is 2.31. The lowest BCUT2D eigenvalue weighted by Gasteiger charge is -2.36. The van der Waals surface area contributed by atoms with Crippen LogP contribution in [0.15, 0.2) is 72.5 Å². The van der Waals surface area contributed by atoms with Gasteiger partial charge in [0, 0.05) is 30.4 Å². The van der Waals surface area contributed by atoms with Crippen molar-refractivity contribution in [1.82, 2.24) is 20.0 Å². The van der Waals surface area contributed by atoms with E-state index >= 15 is 0 Å². The molecule has 2 aromatic carbocycles. The van der Waals surface area contributed by atoms with Crippen LogP contribution in [0, 0.1) is 18.8 Å². The molecule has 1 fully saturated rings. The smallest absolute Gasteiger partial charge is 0.240 e. The molecule has 1 aromatic heterocycles. The van der Waals surface area contributed by atoms with Crippen LogP contribution in [0.4, 0.5) is 0 Å². The number of phenolic OH excluding ortho intramolecular Hbond substituents is 1. The van der Waals surface area contributed by atoms with Crippen LogP contribution in [0.25, 0.3) is 0 Å². The lowest BCUT2D eigenvalue weighted by Crippen LogP contribution is -2.42. The third-order valence-corrected chi connectivity index (χ3v) is 9.90. The molecular formula is C35H52N4O3S. The summed E-state index contributed by atoms with van der Waals surface area (Å²) in [5.74, 6) is 1.66. The van der Waals surface area contributed by atoms with Crippen molar-refractivity contribution in [3.63, 3.8) is 0 Å². The number of hydrogen-bond donors (Lipinski definition) is 4. The summed E-state index contributed by atoms with van der Waals surface area (Å²) < 4.78 is 28.3. The summed E-state index contributed by atoms with van der Waals surface area (Å²) in [7, 11) is -3.47. The number of hydrogen-bond acceptors (Lipinski definition) is 5. The predicted molar refractivity (Wildman–Crippen MR) is 177 cm³/mol. The Balaban J connectivity index is 0.000000780. The molecule has 0 spiro atoms. The normalized spacial score (nSPS) is 21.4. The molecule has 236 valence electrons. The lowest BCUT2D eigenvalue weighted by atomic mass is 9.76. The van der Waals surface area contributed by atoms with E-state index in [9.17, 15) is 13.5 Å². The lowest BCUT2D eigenvalue weighted by molar-refractivity contribution is 0.252. The van der Waals surface area contributed by atoms with Crippen LogP contribution in [0.2, 0.25) is 0 Å². The highest BCUT2D eigenvalue weighted by molar-refractivity contribution is 7.89. The van der Waals surface area contributed by atoms with Crippen molar-refractivity contribution in [2.75, 3.05) is 13.1 Å². The number of aryl methyl sites for hydroxylation is 2. The van der Waals surface area contributed by atoms with Crippen LogP contribution in [-0.2, 0) is 22.9 Å². The zero-order valence-electron chi connectivity index (χ0n) is 26.5. The van der Waals surface area contributed by atoms with Gasteiger partial charge in [0.2, 0.25) is 10.0 Å². The molecule has 5 rings (SSSR count). The number of imidazole rings is 1. The van der Waals surface area contributed by atoms with Gasteiger partial charge in [-0.2, -0.15) is 0 Å². The average Bonchev–Trinajstić information content (AvgIpc) is 3.50. The minimum atomic E-state index is -3.47. The molecule has 0 saturated heterocycles. The molecule has 2 aliphatic carbocycles. The number of sulfonamides is 1. The maximum Gasteiger partial charge on any atom is 0.240 e. The summed E-state index contributed by atoms with van der Waals surface area (Å²) in [5.41, 5.74) is 4.47. The second-order valence-corrected chi connectivity index (χ2v) is 13.7. The molecule has 2 aliphatic rings. The molecule has 2 unspecified atom stereocenters. The number of aromatic hydroxyl groups is 1. The van der Waals surface area contributed by atoms with Crippen molar-refractivity contribution in [2.45, 2.75) is 95.9 Å². The van der Waals surface area contributed by atoms with Crippen molar-refractivity contribution in [1.29, 1.82) is 0 Å². The highest BCUT2D eigenvalue weighted by atomic mass is 32.2. The fraction of sp³-hybridized carbons (Fsp3) is 0.514. The number of fused-ring (bicyclic) bond motifs is 1. The van der Waals surface area contributed by atoms with Crippen molar-refractivity contribution in [2.24, 2.45) is 11.8 Å². The van der Waals surface area contributed by atoms with E-state index in [1.54, 1.807) is 30.6 Å². The number of phenols is 1. The Morgan fingerprint density at radius 3 is 2.33 bits per heavy atom. The summed E-state index contributed by atoms with van der Waals surface area (Å²) in [5, 5.41) is 13.9. The maximum atomic E-state index is 12.7. The van der Waals surface area contributed by atoms with Crippen molar-refractivity contribution in [3.8, 4) is 5.75 Å². The van der Waals surface area contributed by atoms with Crippen molar-refractivity contribution >= 4 is 10.0 Å². The molecule has 0 aliphatic heterocycles. The van der Waals surface area contributed by atoms with E-state index in [1.165, 1.54) is 17.5 Å². The van der Waals surface area contributed by atoms with Gasteiger partial charge < -0.3 is 15.4 Å². The van der Waals surface area contributed by atoms with Crippen LogP contribution in [0.5, 0.6) is 5.75 Å². The number of allylic oxidation sites excluding steroid dienone is 1. The maximum absolute atomic E-state index is 12.7. The Kier molecular flexibility index (Phi) is 14.0. The molecular weight excluding hydrogens is 556 g/mol. The topological polar surface area (TPSA) is 107 Å². The molecule has 0 amide bonds. The Hall–Kier alpha value is -2.94. The Bertz CT molecular complexity index is 1350. The van der Waals surface area contributed by atoms with Gasteiger partial charge in [-0.3, -0.25) is 0 Å². The van der Waals surface area contributed by atoms with Gasteiger partial charge in [0.05, 0.1) is 11.2 Å². The Labute approximate surface area is 259 Å². The van der Waals surface area contributed by atoms with E-state index in [0.29, 0.717) is 41.0 Å². The Morgan fingerprint density at radius 1 is 1.05 bits per heavy atom. The first kappa shape index (κ1) is 34.5. The number of benzene rings is 2. The second kappa shape index (κ2) is 17.4. The first-order chi connectivity index (χ1) is 20.7. The van der Waals surface area contributed by atoms with Gasteiger partial charge >= 0.3 is 0 Å². The predicted octanol–water partition coefficient (Wildman–Crippen LogP) is 7.05. The number of rotatable bonds is 9. The van der Waals surface area contributed by atoms with Gasteiger partial charge in [-0.05, 0) is 112 Å². The van der Waals surface area contributed by atoms with E-state index in [0.717, 1.165) is 62.7 Å². The third-order valence-electron chi connectivity index (χ3n) is 8.31. The number of aromatic nitrogens is 2. The molecule has 0 radical (unpaired) electrons. The van der Waals surface area contributed by atoms with Crippen LogP contribution < -0.4 is 10.0 Å². The summed E-state index contributed by atoms with van der Waals surface area (Å²) >= 11 is 0. The fourth-order valence-corrected chi connectivity index (χ4v) is 7.51. The number of nitrogens with zero attached hydrogens (tertiary/aromatic N) is 1. The molecule has 8 heteroatoms. The summed E-state index contributed by atoms with van der Waals surface area (Å²) in [6, 6.07) is 13.3. The molecule has 2 atom stereocenters. The summed E-state index contributed by atoms with van der Waals surface area (Å²) in [6.07, 6.45) is 13.9. The monoisotopic (exact) mass is 608 g/mol.